The Bertz CT molecular complexity index is 346. The third-order valence-electron chi connectivity index (χ3n) is 3.59. The van der Waals surface area contributed by atoms with Crippen LogP contribution in [0, 0.1) is 5.92 Å². The number of piperidine rings is 1. The van der Waals surface area contributed by atoms with Crippen LogP contribution in [0.25, 0.3) is 0 Å². The largest absolute Gasteiger partial charge is 0.390 e. The Labute approximate surface area is 103 Å². The fourth-order valence-electron chi connectivity index (χ4n) is 2.59. The number of aromatic nitrogens is 1. The van der Waals surface area contributed by atoms with Gasteiger partial charge in [-0.15, -0.1) is 0 Å². The molecule has 1 fully saturated rings. The lowest BCUT2D eigenvalue weighted by Gasteiger charge is -2.32. The van der Waals surface area contributed by atoms with Crippen molar-refractivity contribution in [3.63, 3.8) is 0 Å². The maximum absolute atomic E-state index is 9.09. The van der Waals surface area contributed by atoms with Gasteiger partial charge in [0.05, 0.1) is 12.3 Å². The summed E-state index contributed by atoms with van der Waals surface area (Å²) in [6, 6.07) is 5.89. The number of anilines is 1. The van der Waals surface area contributed by atoms with Gasteiger partial charge in [0, 0.05) is 13.1 Å². The first kappa shape index (κ1) is 12.4. The number of nitrogens with zero attached hydrogens (tertiary/aromatic N) is 2. The highest BCUT2D eigenvalue weighted by molar-refractivity contribution is 5.39. The molecular formula is C14H22N2O. The van der Waals surface area contributed by atoms with E-state index in [2.05, 4.69) is 16.8 Å². The van der Waals surface area contributed by atoms with Crippen molar-refractivity contribution in [1.82, 2.24) is 4.98 Å². The first-order chi connectivity index (χ1) is 8.33. The van der Waals surface area contributed by atoms with Crippen LogP contribution >= 0.6 is 0 Å². The topological polar surface area (TPSA) is 36.4 Å². The Balaban J connectivity index is 1.95. The number of aliphatic hydroxyl groups excluding tert-OH is 1. The van der Waals surface area contributed by atoms with Gasteiger partial charge in [0.15, 0.2) is 0 Å². The van der Waals surface area contributed by atoms with Crippen molar-refractivity contribution in [3.8, 4) is 0 Å². The van der Waals surface area contributed by atoms with Crippen molar-refractivity contribution in [2.75, 3.05) is 18.0 Å². The molecule has 94 valence electrons. The summed E-state index contributed by atoms with van der Waals surface area (Å²) < 4.78 is 0. The molecule has 3 heteroatoms. The molecule has 1 aliphatic heterocycles. The van der Waals surface area contributed by atoms with Crippen LogP contribution < -0.4 is 4.90 Å². The fraction of sp³-hybridized carbons (Fsp3) is 0.643. The van der Waals surface area contributed by atoms with Crippen LogP contribution in [-0.4, -0.2) is 23.2 Å². The lowest BCUT2D eigenvalue weighted by Crippen LogP contribution is -2.34. The summed E-state index contributed by atoms with van der Waals surface area (Å²) in [5.74, 6) is 1.92. The highest BCUT2D eigenvalue weighted by Gasteiger charge is 2.19. The molecule has 2 heterocycles. The van der Waals surface area contributed by atoms with E-state index in [0.717, 1.165) is 30.5 Å². The fourth-order valence-corrected chi connectivity index (χ4v) is 2.59. The van der Waals surface area contributed by atoms with Crippen LogP contribution in [0.4, 0.5) is 5.82 Å². The molecule has 0 radical (unpaired) electrons. The summed E-state index contributed by atoms with van der Waals surface area (Å²) in [4.78, 5) is 6.80. The predicted octanol–water partition coefficient (Wildman–Crippen LogP) is 2.59. The van der Waals surface area contributed by atoms with Crippen molar-refractivity contribution in [2.24, 2.45) is 5.92 Å². The summed E-state index contributed by atoms with van der Waals surface area (Å²) in [5.41, 5.74) is 0.762. The number of pyridine rings is 1. The summed E-state index contributed by atoms with van der Waals surface area (Å²) in [7, 11) is 0. The van der Waals surface area contributed by atoms with E-state index in [1.165, 1.54) is 25.7 Å². The van der Waals surface area contributed by atoms with Crippen LogP contribution in [0.3, 0.4) is 0 Å². The van der Waals surface area contributed by atoms with E-state index in [-0.39, 0.29) is 6.61 Å². The molecule has 0 bridgehead atoms. The van der Waals surface area contributed by atoms with E-state index in [1.807, 2.05) is 18.2 Å². The average molecular weight is 234 g/mol. The minimum absolute atomic E-state index is 0.0279. The Morgan fingerprint density at radius 3 is 2.76 bits per heavy atom. The number of hydrogen-bond donors (Lipinski definition) is 1. The second-order valence-electron chi connectivity index (χ2n) is 4.86. The molecule has 1 aromatic heterocycles. The minimum Gasteiger partial charge on any atom is -0.390 e. The number of rotatable bonds is 4. The van der Waals surface area contributed by atoms with Crippen molar-refractivity contribution in [3.05, 3.63) is 23.9 Å². The van der Waals surface area contributed by atoms with Gasteiger partial charge in [0.25, 0.3) is 0 Å². The molecule has 0 unspecified atom stereocenters. The van der Waals surface area contributed by atoms with Crippen LogP contribution in [0.15, 0.2) is 18.2 Å². The first-order valence-electron chi connectivity index (χ1n) is 6.65. The van der Waals surface area contributed by atoms with E-state index in [4.69, 9.17) is 5.11 Å². The molecule has 0 amide bonds. The highest BCUT2D eigenvalue weighted by Crippen LogP contribution is 2.24. The van der Waals surface area contributed by atoms with Gasteiger partial charge in [-0.05, 0) is 30.9 Å². The van der Waals surface area contributed by atoms with Crippen LogP contribution in [0.5, 0.6) is 0 Å². The van der Waals surface area contributed by atoms with Gasteiger partial charge < -0.3 is 10.0 Å². The van der Waals surface area contributed by atoms with Gasteiger partial charge in [0.2, 0.25) is 0 Å². The molecule has 1 aliphatic rings. The lowest BCUT2D eigenvalue weighted by molar-refractivity contribution is 0.276. The lowest BCUT2D eigenvalue weighted by atomic mass is 9.92. The monoisotopic (exact) mass is 234 g/mol. The highest BCUT2D eigenvalue weighted by atomic mass is 16.3. The summed E-state index contributed by atoms with van der Waals surface area (Å²) in [6.07, 6.45) is 5.21. The van der Waals surface area contributed by atoms with E-state index in [0.29, 0.717) is 0 Å². The molecule has 2 rings (SSSR count). The van der Waals surface area contributed by atoms with Crippen LogP contribution in [0.2, 0.25) is 0 Å². The number of hydrogen-bond acceptors (Lipinski definition) is 3. The van der Waals surface area contributed by atoms with Crippen molar-refractivity contribution in [1.29, 1.82) is 0 Å². The smallest absolute Gasteiger partial charge is 0.128 e. The molecular weight excluding hydrogens is 212 g/mol. The van der Waals surface area contributed by atoms with Crippen LogP contribution in [-0.2, 0) is 6.61 Å². The summed E-state index contributed by atoms with van der Waals surface area (Å²) in [5, 5.41) is 9.09. The maximum atomic E-state index is 9.09. The molecule has 0 aromatic carbocycles. The molecule has 1 saturated heterocycles. The van der Waals surface area contributed by atoms with Gasteiger partial charge in [-0.25, -0.2) is 4.98 Å². The van der Waals surface area contributed by atoms with Gasteiger partial charge in [-0.2, -0.15) is 0 Å². The summed E-state index contributed by atoms with van der Waals surface area (Å²) >= 11 is 0. The third kappa shape index (κ3) is 3.19. The third-order valence-corrected chi connectivity index (χ3v) is 3.59. The first-order valence-corrected chi connectivity index (χ1v) is 6.65. The van der Waals surface area contributed by atoms with E-state index >= 15 is 0 Å². The Morgan fingerprint density at radius 1 is 1.35 bits per heavy atom. The SMILES string of the molecule is CCCC1CCN(c2cccc(CO)n2)CC1. The molecule has 0 atom stereocenters. The molecule has 0 aliphatic carbocycles. The van der Waals surface area contributed by atoms with Crippen LogP contribution in [0.1, 0.15) is 38.3 Å². The summed E-state index contributed by atoms with van der Waals surface area (Å²) in [6.45, 7) is 4.50. The van der Waals surface area contributed by atoms with Gasteiger partial charge in [-0.1, -0.05) is 25.8 Å². The minimum atomic E-state index is 0.0279. The van der Waals surface area contributed by atoms with Gasteiger partial charge >= 0.3 is 0 Å². The molecule has 1 N–H and O–H groups in total. The molecule has 0 spiro atoms. The maximum Gasteiger partial charge on any atom is 0.128 e. The zero-order valence-electron chi connectivity index (χ0n) is 10.6. The zero-order chi connectivity index (χ0) is 12.1. The van der Waals surface area contributed by atoms with Crippen molar-refractivity contribution in [2.45, 2.75) is 39.2 Å². The molecule has 1 aromatic rings. The molecule has 17 heavy (non-hydrogen) atoms. The van der Waals surface area contributed by atoms with Crippen molar-refractivity contribution >= 4 is 5.82 Å². The van der Waals surface area contributed by atoms with Gasteiger partial charge in [-0.3, -0.25) is 0 Å². The van der Waals surface area contributed by atoms with Crippen molar-refractivity contribution < 1.29 is 5.11 Å². The second kappa shape index (κ2) is 6.01. The number of aliphatic hydroxyl groups is 1. The molecule has 3 nitrogen and oxygen atoms in total. The quantitative estimate of drug-likeness (QED) is 0.870. The molecule has 0 saturated carbocycles. The normalized spacial score (nSPS) is 17.4. The van der Waals surface area contributed by atoms with E-state index in [9.17, 15) is 0 Å². The Morgan fingerprint density at radius 2 is 2.12 bits per heavy atom. The standard InChI is InChI=1S/C14H22N2O/c1-2-4-12-7-9-16(10-8-12)14-6-3-5-13(11-17)15-14/h3,5-6,12,17H,2,4,7-11H2,1H3. The predicted molar refractivity (Wildman–Crippen MR) is 70.0 cm³/mol. The second-order valence-corrected chi connectivity index (χ2v) is 4.86. The zero-order valence-corrected chi connectivity index (χ0v) is 10.6. The average Bonchev–Trinajstić information content (AvgIpc) is 2.40. The van der Waals surface area contributed by atoms with E-state index < -0.39 is 0 Å². The Kier molecular flexibility index (Phi) is 4.37. The van der Waals surface area contributed by atoms with E-state index in [1.54, 1.807) is 0 Å². The van der Waals surface area contributed by atoms with Gasteiger partial charge in [0.1, 0.15) is 5.82 Å². The Hall–Kier alpha value is -1.09.